The van der Waals surface area contributed by atoms with Gasteiger partial charge in [-0.25, -0.2) is 0 Å². The van der Waals surface area contributed by atoms with Gasteiger partial charge >= 0.3 is 5.97 Å². The van der Waals surface area contributed by atoms with Crippen molar-refractivity contribution < 1.29 is 14.7 Å². The molecule has 126 valence electrons. The standard InChI is InChI=1S/C19H27NO3/c1-2-8-15(14-9-4-3-5-10-14)13-20-18(21)16-11-6-7-12-17(16)19(22)23/h3-5,9-10,15-17H,2,6-8,11-13H2,1H3,(H,20,21)(H,22,23)/t15-,16+,17-/m1/s1. The molecule has 1 saturated carbocycles. The molecule has 23 heavy (non-hydrogen) atoms. The summed E-state index contributed by atoms with van der Waals surface area (Å²) < 4.78 is 0. The molecular formula is C19H27NO3. The SMILES string of the molecule is CCC[C@H](CNC(=O)[C@H]1CCCC[C@H]1C(=O)O)c1ccccc1. The molecule has 0 aromatic heterocycles. The van der Waals surface area contributed by atoms with Crippen LogP contribution in [0.2, 0.25) is 0 Å². The van der Waals surface area contributed by atoms with Gasteiger partial charge in [0.05, 0.1) is 11.8 Å². The second-order valence-corrected chi connectivity index (χ2v) is 6.48. The van der Waals surface area contributed by atoms with Crippen LogP contribution in [0.4, 0.5) is 0 Å². The van der Waals surface area contributed by atoms with E-state index in [2.05, 4.69) is 24.4 Å². The molecule has 4 nitrogen and oxygen atoms in total. The van der Waals surface area contributed by atoms with Crippen LogP contribution in [-0.2, 0) is 9.59 Å². The third-order valence-electron chi connectivity index (χ3n) is 4.85. The van der Waals surface area contributed by atoms with Crippen LogP contribution in [0.15, 0.2) is 30.3 Å². The fourth-order valence-corrected chi connectivity index (χ4v) is 3.56. The van der Waals surface area contributed by atoms with Gasteiger partial charge in [-0.1, -0.05) is 56.5 Å². The first kappa shape index (κ1) is 17.5. The normalized spacial score (nSPS) is 22.3. The minimum absolute atomic E-state index is 0.0888. The summed E-state index contributed by atoms with van der Waals surface area (Å²) >= 11 is 0. The molecule has 4 heteroatoms. The predicted molar refractivity (Wildman–Crippen MR) is 90.2 cm³/mol. The van der Waals surface area contributed by atoms with Crippen molar-refractivity contribution in [2.24, 2.45) is 11.8 Å². The number of aliphatic carboxylic acids is 1. The highest BCUT2D eigenvalue weighted by atomic mass is 16.4. The minimum Gasteiger partial charge on any atom is -0.481 e. The Bertz CT molecular complexity index is 515. The number of benzene rings is 1. The molecule has 0 saturated heterocycles. The lowest BCUT2D eigenvalue weighted by Crippen LogP contribution is -2.41. The maximum atomic E-state index is 12.5. The maximum absolute atomic E-state index is 12.5. The zero-order chi connectivity index (χ0) is 16.7. The van der Waals surface area contributed by atoms with Crippen LogP contribution in [0.5, 0.6) is 0 Å². The second kappa shape index (κ2) is 8.70. The van der Waals surface area contributed by atoms with Crippen molar-refractivity contribution in [2.45, 2.75) is 51.4 Å². The molecule has 1 amide bonds. The number of carbonyl (C=O) groups excluding carboxylic acids is 1. The van der Waals surface area contributed by atoms with E-state index in [1.807, 2.05) is 18.2 Å². The Labute approximate surface area is 138 Å². The van der Waals surface area contributed by atoms with Gasteiger partial charge in [-0.2, -0.15) is 0 Å². The summed E-state index contributed by atoms with van der Waals surface area (Å²) in [6.07, 6.45) is 5.22. The zero-order valence-electron chi connectivity index (χ0n) is 13.8. The fourth-order valence-electron chi connectivity index (χ4n) is 3.56. The molecule has 0 aliphatic heterocycles. The van der Waals surface area contributed by atoms with E-state index >= 15 is 0 Å². The average molecular weight is 317 g/mol. The van der Waals surface area contributed by atoms with Gasteiger partial charge in [0.1, 0.15) is 0 Å². The number of hydrogen-bond donors (Lipinski definition) is 2. The van der Waals surface area contributed by atoms with E-state index in [1.165, 1.54) is 5.56 Å². The Kier molecular flexibility index (Phi) is 6.63. The van der Waals surface area contributed by atoms with E-state index in [-0.39, 0.29) is 17.7 Å². The Morgan fingerprint density at radius 3 is 2.43 bits per heavy atom. The summed E-state index contributed by atoms with van der Waals surface area (Å²) in [5.74, 6) is -1.53. The Hall–Kier alpha value is -1.84. The number of carbonyl (C=O) groups is 2. The molecule has 0 spiro atoms. The molecule has 1 aromatic carbocycles. The maximum Gasteiger partial charge on any atom is 0.307 e. The molecule has 1 aliphatic rings. The van der Waals surface area contributed by atoms with Crippen molar-refractivity contribution in [3.05, 3.63) is 35.9 Å². The van der Waals surface area contributed by atoms with E-state index in [4.69, 9.17) is 0 Å². The number of amides is 1. The number of rotatable bonds is 7. The average Bonchev–Trinajstić information content (AvgIpc) is 2.59. The molecule has 1 fully saturated rings. The molecule has 0 heterocycles. The third kappa shape index (κ3) is 4.81. The number of carboxylic acids is 1. The quantitative estimate of drug-likeness (QED) is 0.808. The van der Waals surface area contributed by atoms with Gasteiger partial charge in [-0.15, -0.1) is 0 Å². The number of carboxylic acid groups (broad SMARTS) is 1. The van der Waals surface area contributed by atoms with Gasteiger partial charge in [-0.05, 0) is 24.8 Å². The van der Waals surface area contributed by atoms with E-state index in [0.717, 1.165) is 25.7 Å². The van der Waals surface area contributed by atoms with Crippen molar-refractivity contribution in [1.82, 2.24) is 5.32 Å². The molecule has 3 atom stereocenters. The topological polar surface area (TPSA) is 66.4 Å². The zero-order valence-corrected chi connectivity index (χ0v) is 13.8. The third-order valence-corrected chi connectivity index (χ3v) is 4.85. The monoisotopic (exact) mass is 317 g/mol. The van der Waals surface area contributed by atoms with Crippen LogP contribution in [-0.4, -0.2) is 23.5 Å². The van der Waals surface area contributed by atoms with Crippen LogP contribution in [0.25, 0.3) is 0 Å². The van der Waals surface area contributed by atoms with Gasteiger partial charge in [0.2, 0.25) is 5.91 Å². The second-order valence-electron chi connectivity index (χ2n) is 6.48. The van der Waals surface area contributed by atoms with Crippen molar-refractivity contribution in [1.29, 1.82) is 0 Å². The summed E-state index contributed by atoms with van der Waals surface area (Å²) in [6.45, 7) is 2.72. The highest BCUT2D eigenvalue weighted by Gasteiger charge is 2.35. The highest BCUT2D eigenvalue weighted by Crippen LogP contribution is 2.30. The molecule has 1 aromatic rings. The molecular weight excluding hydrogens is 290 g/mol. The van der Waals surface area contributed by atoms with Crippen molar-refractivity contribution in [2.75, 3.05) is 6.54 Å². The highest BCUT2D eigenvalue weighted by molar-refractivity contribution is 5.84. The summed E-state index contributed by atoms with van der Waals surface area (Å²) in [4.78, 5) is 23.8. The van der Waals surface area contributed by atoms with E-state index in [9.17, 15) is 14.7 Å². The predicted octanol–water partition coefficient (Wildman–Crippen LogP) is 3.58. The largest absolute Gasteiger partial charge is 0.481 e. The van der Waals surface area contributed by atoms with Crippen LogP contribution < -0.4 is 5.32 Å². The Morgan fingerprint density at radius 1 is 1.17 bits per heavy atom. The van der Waals surface area contributed by atoms with E-state index in [0.29, 0.717) is 19.4 Å². The number of hydrogen-bond acceptors (Lipinski definition) is 2. The molecule has 0 bridgehead atoms. The van der Waals surface area contributed by atoms with Crippen LogP contribution in [0.3, 0.4) is 0 Å². The van der Waals surface area contributed by atoms with Gasteiger partial charge in [-0.3, -0.25) is 9.59 Å². The lowest BCUT2D eigenvalue weighted by molar-refractivity contribution is -0.148. The van der Waals surface area contributed by atoms with E-state index in [1.54, 1.807) is 0 Å². The van der Waals surface area contributed by atoms with Crippen molar-refractivity contribution in [3.8, 4) is 0 Å². The molecule has 2 rings (SSSR count). The van der Waals surface area contributed by atoms with Crippen LogP contribution in [0, 0.1) is 11.8 Å². The first-order chi connectivity index (χ1) is 11.1. The summed E-state index contributed by atoms with van der Waals surface area (Å²) in [5, 5.41) is 12.3. The van der Waals surface area contributed by atoms with Crippen molar-refractivity contribution >= 4 is 11.9 Å². The van der Waals surface area contributed by atoms with Gasteiger partial charge in [0.25, 0.3) is 0 Å². The lowest BCUT2D eigenvalue weighted by atomic mass is 9.78. The van der Waals surface area contributed by atoms with E-state index < -0.39 is 11.9 Å². The fraction of sp³-hybridized carbons (Fsp3) is 0.579. The summed E-state index contributed by atoms with van der Waals surface area (Å²) in [5.41, 5.74) is 1.23. The van der Waals surface area contributed by atoms with Gasteiger partial charge in [0.15, 0.2) is 0 Å². The molecule has 0 radical (unpaired) electrons. The first-order valence-corrected chi connectivity index (χ1v) is 8.69. The Morgan fingerprint density at radius 2 is 1.83 bits per heavy atom. The first-order valence-electron chi connectivity index (χ1n) is 8.69. The van der Waals surface area contributed by atoms with Gasteiger partial charge < -0.3 is 10.4 Å². The van der Waals surface area contributed by atoms with Crippen molar-refractivity contribution in [3.63, 3.8) is 0 Å². The molecule has 0 unspecified atom stereocenters. The Balaban J connectivity index is 1.96. The van der Waals surface area contributed by atoms with Gasteiger partial charge in [0, 0.05) is 12.5 Å². The smallest absolute Gasteiger partial charge is 0.307 e. The van der Waals surface area contributed by atoms with Crippen LogP contribution >= 0.6 is 0 Å². The molecule has 1 aliphatic carbocycles. The summed E-state index contributed by atoms with van der Waals surface area (Å²) in [6, 6.07) is 10.2. The van der Waals surface area contributed by atoms with Crippen LogP contribution in [0.1, 0.15) is 56.9 Å². The molecule has 2 N–H and O–H groups in total. The summed E-state index contributed by atoms with van der Waals surface area (Å²) in [7, 11) is 0. The minimum atomic E-state index is -0.835. The lowest BCUT2D eigenvalue weighted by Gasteiger charge is -2.28. The number of nitrogens with one attached hydrogen (secondary N) is 1.